The first-order valence-electron chi connectivity index (χ1n) is 7.56. The number of nitrogens with zero attached hydrogens (tertiary/aromatic N) is 4. The molecule has 3 aromatic heterocycles. The molecule has 0 aliphatic carbocycles. The number of aryl methyl sites for hydroxylation is 3. The standard InChI is InChI=1S/C18H15FN4O/c1-9-8-20-5-4-13(9)18-22-11(3)17-10(2)21-16-14(19)6-12(24)7-15(16)23(17)18/h4-8,24H,1-3H3. The van der Waals surface area contributed by atoms with Crippen LogP contribution in [-0.4, -0.2) is 24.5 Å². The Kier molecular flexibility index (Phi) is 3.03. The second-order valence-electron chi connectivity index (χ2n) is 5.89. The summed E-state index contributed by atoms with van der Waals surface area (Å²) in [5.41, 5.74) is 4.88. The smallest absolute Gasteiger partial charge is 0.154 e. The van der Waals surface area contributed by atoms with Crippen molar-refractivity contribution >= 4 is 16.6 Å². The minimum atomic E-state index is -0.557. The maximum absolute atomic E-state index is 14.3. The average Bonchev–Trinajstić information content (AvgIpc) is 2.87. The van der Waals surface area contributed by atoms with Crippen LogP contribution in [0.2, 0.25) is 0 Å². The quantitative estimate of drug-likeness (QED) is 0.580. The molecular formula is C18H15FN4O. The van der Waals surface area contributed by atoms with Crippen molar-refractivity contribution in [2.45, 2.75) is 20.8 Å². The number of phenols is 1. The number of pyridine rings is 1. The van der Waals surface area contributed by atoms with E-state index in [4.69, 9.17) is 0 Å². The SMILES string of the molecule is Cc1cnccc1-c1nc(C)c2c(C)nc3c(F)cc(O)cc3n12. The van der Waals surface area contributed by atoms with Gasteiger partial charge in [-0.1, -0.05) is 0 Å². The molecule has 0 spiro atoms. The van der Waals surface area contributed by atoms with Crippen LogP contribution < -0.4 is 0 Å². The molecule has 0 saturated heterocycles. The first-order chi connectivity index (χ1) is 11.5. The molecule has 120 valence electrons. The summed E-state index contributed by atoms with van der Waals surface area (Å²) >= 11 is 0. The van der Waals surface area contributed by atoms with Crippen LogP contribution in [0.3, 0.4) is 0 Å². The summed E-state index contributed by atoms with van der Waals surface area (Å²) in [6.45, 7) is 5.68. The van der Waals surface area contributed by atoms with Gasteiger partial charge in [0.05, 0.1) is 22.4 Å². The third-order valence-electron chi connectivity index (χ3n) is 4.20. The highest BCUT2D eigenvalue weighted by Crippen LogP contribution is 2.31. The number of imidazole rings is 1. The zero-order chi connectivity index (χ0) is 17.0. The normalized spacial score (nSPS) is 11.5. The fourth-order valence-corrected chi connectivity index (χ4v) is 3.17. The number of hydrogen-bond donors (Lipinski definition) is 1. The summed E-state index contributed by atoms with van der Waals surface area (Å²) in [6, 6.07) is 4.46. The predicted molar refractivity (Wildman–Crippen MR) is 89.6 cm³/mol. The van der Waals surface area contributed by atoms with Crippen molar-refractivity contribution in [1.29, 1.82) is 0 Å². The lowest BCUT2D eigenvalue weighted by molar-refractivity contribution is 0.470. The Hall–Kier alpha value is -3.02. The lowest BCUT2D eigenvalue weighted by Crippen LogP contribution is -2.00. The number of fused-ring (bicyclic) bond motifs is 3. The van der Waals surface area contributed by atoms with E-state index in [0.717, 1.165) is 28.4 Å². The second kappa shape index (κ2) is 4.99. The van der Waals surface area contributed by atoms with E-state index >= 15 is 0 Å². The molecule has 6 heteroatoms. The van der Waals surface area contributed by atoms with Crippen molar-refractivity contribution in [3.63, 3.8) is 0 Å². The van der Waals surface area contributed by atoms with E-state index in [9.17, 15) is 9.50 Å². The number of hydrogen-bond acceptors (Lipinski definition) is 4. The zero-order valence-electron chi connectivity index (χ0n) is 13.5. The van der Waals surface area contributed by atoms with Gasteiger partial charge in [0.15, 0.2) is 5.82 Å². The van der Waals surface area contributed by atoms with Crippen molar-refractivity contribution in [3.05, 3.63) is 53.4 Å². The lowest BCUT2D eigenvalue weighted by atomic mass is 10.1. The van der Waals surface area contributed by atoms with Crippen LogP contribution in [0, 0.1) is 26.6 Å². The molecular weight excluding hydrogens is 307 g/mol. The molecule has 0 aliphatic rings. The molecule has 5 nitrogen and oxygen atoms in total. The number of aromatic hydroxyl groups is 1. The highest BCUT2D eigenvalue weighted by atomic mass is 19.1. The van der Waals surface area contributed by atoms with Crippen molar-refractivity contribution in [2.24, 2.45) is 0 Å². The fraction of sp³-hybridized carbons (Fsp3) is 0.167. The summed E-state index contributed by atoms with van der Waals surface area (Å²) in [5, 5.41) is 9.85. The van der Waals surface area contributed by atoms with Crippen molar-refractivity contribution in [2.75, 3.05) is 0 Å². The Bertz CT molecular complexity index is 1120. The molecule has 0 saturated carbocycles. The molecule has 0 fully saturated rings. The average molecular weight is 322 g/mol. The number of benzene rings is 1. The summed E-state index contributed by atoms with van der Waals surface area (Å²) in [5.74, 6) is -0.0163. The van der Waals surface area contributed by atoms with Gasteiger partial charge in [-0.05, 0) is 32.4 Å². The molecule has 1 aromatic carbocycles. The van der Waals surface area contributed by atoms with Gasteiger partial charge in [-0.2, -0.15) is 0 Å². The van der Waals surface area contributed by atoms with Gasteiger partial charge in [-0.25, -0.2) is 14.4 Å². The van der Waals surface area contributed by atoms with Gasteiger partial charge in [0.2, 0.25) is 0 Å². The van der Waals surface area contributed by atoms with E-state index in [-0.39, 0.29) is 11.3 Å². The van der Waals surface area contributed by atoms with Crippen LogP contribution in [0.1, 0.15) is 17.0 Å². The van der Waals surface area contributed by atoms with E-state index in [0.29, 0.717) is 17.0 Å². The molecule has 0 radical (unpaired) electrons. The van der Waals surface area contributed by atoms with Gasteiger partial charge >= 0.3 is 0 Å². The van der Waals surface area contributed by atoms with Gasteiger partial charge in [-0.3, -0.25) is 9.38 Å². The summed E-state index contributed by atoms with van der Waals surface area (Å²) in [7, 11) is 0. The van der Waals surface area contributed by atoms with E-state index in [1.165, 1.54) is 6.07 Å². The van der Waals surface area contributed by atoms with Gasteiger partial charge in [0.1, 0.15) is 17.1 Å². The lowest BCUT2D eigenvalue weighted by Gasteiger charge is -2.10. The molecule has 0 bridgehead atoms. The Morgan fingerprint density at radius 1 is 1.08 bits per heavy atom. The van der Waals surface area contributed by atoms with E-state index in [2.05, 4.69) is 15.0 Å². The maximum Gasteiger partial charge on any atom is 0.154 e. The first-order valence-corrected chi connectivity index (χ1v) is 7.56. The Labute approximate surface area is 137 Å². The van der Waals surface area contributed by atoms with Gasteiger partial charge < -0.3 is 5.11 Å². The van der Waals surface area contributed by atoms with E-state index in [1.807, 2.05) is 31.2 Å². The third-order valence-corrected chi connectivity index (χ3v) is 4.20. The Morgan fingerprint density at radius 2 is 1.83 bits per heavy atom. The molecule has 1 N–H and O–H groups in total. The minimum Gasteiger partial charge on any atom is -0.508 e. The van der Waals surface area contributed by atoms with Gasteiger partial charge in [0, 0.05) is 30.1 Å². The maximum atomic E-state index is 14.3. The number of rotatable bonds is 1. The monoisotopic (exact) mass is 322 g/mol. The largest absolute Gasteiger partial charge is 0.508 e. The zero-order valence-corrected chi connectivity index (χ0v) is 13.5. The van der Waals surface area contributed by atoms with Crippen molar-refractivity contribution in [1.82, 2.24) is 19.4 Å². The van der Waals surface area contributed by atoms with Crippen LogP contribution in [0.5, 0.6) is 5.75 Å². The van der Waals surface area contributed by atoms with Gasteiger partial charge in [0.25, 0.3) is 0 Å². The summed E-state index contributed by atoms with van der Waals surface area (Å²) < 4.78 is 16.2. The number of phenolic OH excluding ortho intramolecular Hbond substituents is 1. The third kappa shape index (κ3) is 1.96. The Balaban J connectivity index is 2.26. The molecule has 0 aliphatic heterocycles. The topological polar surface area (TPSA) is 63.3 Å². The van der Waals surface area contributed by atoms with Crippen molar-refractivity contribution < 1.29 is 9.50 Å². The molecule has 0 unspecified atom stereocenters. The first kappa shape index (κ1) is 14.6. The predicted octanol–water partition coefficient (Wildman–Crippen LogP) is 3.71. The molecule has 4 aromatic rings. The van der Waals surface area contributed by atoms with Crippen LogP contribution in [0.4, 0.5) is 4.39 Å². The highest BCUT2D eigenvalue weighted by Gasteiger charge is 2.19. The highest BCUT2D eigenvalue weighted by molar-refractivity contribution is 5.85. The van der Waals surface area contributed by atoms with Crippen LogP contribution in [0.15, 0.2) is 30.6 Å². The van der Waals surface area contributed by atoms with Crippen LogP contribution >= 0.6 is 0 Å². The van der Waals surface area contributed by atoms with Crippen LogP contribution in [0.25, 0.3) is 27.9 Å². The molecule has 0 amide bonds. The van der Waals surface area contributed by atoms with Gasteiger partial charge in [-0.15, -0.1) is 0 Å². The molecule has 0 atom stereocenters. The summed E-state index contributed by atoms with van der Waals surface area (Å²) in [6.07, 6.45) is 3.47. The fourth-order valence-electron chi connectivity index (χ4n) is 3.17. The molecule has 3 heterocycles. The summed E-state index contributed by atoms with van der Waals surface area (Å²) in [4.78, 5) is 13.2. The second-order valence-corrected chi connectivity index (χ2v) is 5.89. The number of halogens is 1. The minimum absolute atomic E-state index is 0.143. The Morgan fingerprint density at radius 3 is 2.58 bits per heavy atom. The molecule has 24 heavy (non-hydrogen) atoms. The van der Waals surface area contributed by atoms with Crippen molar-refractivity contribution in [3.8, 4) is 17.1 Å². The van der Waals surface area contributed by atoms with E-state index in [1.54, 1.807) is 12.4 Å². The molecule has 4 rings (SSSR count). The number of aromatic nitrogens is 4. The van der Waals surface area contributed by atoms with Crippen LogP contribution in [-0.2, 0) is 0 Å². The van der Waals surface area contributed by atoms with E-state index < -0.39 is 5.82 Å².